The standard InChI is InChI=1S/C13H20NO3P/c1-4-12(17-18(15)16)13(14,5-2)11-8-6-10(3)7-9-11/h6-9,12H,4-5,14H2,1-3H3/p+1. The molecule has 0 aliphatic rings. The summed E-state index contributed by atoms with van der Waals surface area (Å²) in [6.45, 7) is 5.86. The summed E-state index contributed by atoms with van der Waals surface area (Å²) in [5.74, 6) is 0. The SMILES string of the molecule is CCC(O[P+](=O)O)C(N)(CC)c1ccc(C)cc1. The molecule has 3 atom stereocenters. The molecular formula is C13H21NO3P+. The van der Waals surface area contributed by atoms with Crippen molar-refractivity contribution in [2.75, 3.05) is 0 Å². The molecule has 0 spiro atoms. The average molecular weight is 270 g/mol. The minimum atomic E-state index is -2.64. The van der Waals surface area contributed by atoms with Crippen molar-refractivity contribution in [3.8, 4) is 0 Å². The Labute approximate surface area is 109 Å². The first-order valence-electron chi connectivity index (χ1n) is 6.13. The Morgan fingerprint density at radius 1 is 1.39 bits per heavy atom. The van der Waals surface area contributed by atoms with Gasteiger partial charge in [-0.3, -0.25) is 0 Å². The van der Waals surface area contributed by atoms with Crippen molar-refractivity contribution in [1.29, 1.82) is 0 Å². The lowest BCUT2D eigenvalue weighted by molar-refractivity contribution is 0.0948. The molecule has 5 heteroatoms. The Bertz CT molecular complexity index is 407. The van der Waals surface area contributed by atoms with E-state index in [1.165, 1.54) is 0 Å². The van der Waals surface area contributed by atoms with Gasteiger partial charge in [0.1, 0.15) is 6.10 Å². The molecule has 4 nitrogen and oxygen atoms in total. The van der Waals surface area contributed by atoms with Gasteiger partial charge in [-0.1, -0.05) is 43.7 Å². The summed E-state index contributed by atoms with van der Waals surface area (Å²) in [5.41, 5.74) is 7.75. The monoisotopic (exact) mass is 270 g/mol. The molecule has 1 aromatic rings. The molecule has 0 aromatic heterocycles. The van der Waals surface area contributed by atoms with E-state index in [2.05, 4.69) is 0 Å². The number of aryl methyl sites for hydroxylation is 1. The Morgan fingerprint density at radius 2 is 1.94 bits per heavy atom. The zero-order valence-electron chi connectivity index (χ0n) is 11.1. The predicted octanol–water partition coefficient (Wildman–Crippen LogP) is 3.00. The third kappa shape index (κ3) is 3.36. The van der Waals surface area contributed by atoms with Crippen LogP contribution in [0.5, 0.6) is 0 Å². The van der Waals surface area contributed by atoms with Crippen LogP contribution in [0.25, 0.3) is 0 Å². The van der Waals surface area contributed by atoms with E-state index >= 15 is 0 Å². The molecule has 1 aromatic carbocycles. The first kappa shape index (κ1) is 15.3. The smallest absolute Gasteiger partial charge is 0.319 e. The summed E-state index contributed by atoms with van der Waals surface area (Å²) in [5, 5.41) is 0. The number of nitrogens with two attached hydrogens (primary N) is 1. The molecular weight excluding hydrogens is 249 g/mol. The lowest BCUT2D eigenvalue weighted by Crippen LogP contribution is -2.47. The second-order valence-corrected chi connectivity index (χ2v) is 5.19. The second-order valence-electron chi connectivity index (χ2n) is 4.50. The quantitative estimate of drug-likeness (QED) is 0.779. The molecule has 1 rings (SSSR count). The highest BCUT2D eigenvalue weighted by Crippen LogP contribution is 2.34. The third-order valence-corrected chi connectivity index (χ3v) is 3.77. The highest BCUT2D eigenvalue weighted by molar-refractivity contribution is 7.32. The summed E-state index contributed by atoms with van der Waals surface area (Å²) >= 11 is 0. The topological polar surface area (TPSA) is 72.5 Å². The van der Waals surface area contributed by atoms with Crippen molar-refractivity contribution in [3.63, 3.8) is 0 Å². The predicted molar refractivity (Wildman–Crippen MR) is 72.3 cm³/mol. The van der Waals surface area contributed by atoms with Crippen LogP contribution in [0.2, 0.25) is 0 Å². The zero-order chi connectivity index (χ0) is 13.8. The van der Waals surface area contributed by atoms with Crippen LogP contribution in [0.1, 0.15) is 37.8 Å². The van der Waals surface area contributed by atoms with Crippen LogP contribution in [0.4, 0.5) is 0 Å². The normalized spacial score (nSPS) is 17.1. The van der Waals surface area contributed by atoms with Crippen LogP contribution in [0, 0.1) is 6.92 Å². The zero-order valence-corrected chi connectivity index (χ0v) is 12.0. The Morgan fingerprint density at radius 3 is 2.33 bits per heavy atom. The third-order valence-electron chi connectivity index (χ3n) is 3.34. The summed E-state index contributed by atoms with van der Waals surface area (Å²) in [7, 11) is -2.64. The second kappa shape index (κ2) is 6.39. The number of hydrogen-bond acceptors (Lipinski definition) is 3. The maximum Gasteiger partial charge on any atom is 0.695 e. The molecule has 3 N–H and O–H groups in total. The largest absolute Gasteiger partial charge is 0.695 e. The Hall–Kier alpha value is -0.800. The number of benzene rings is 1. The number of rotatable bonds is 6. The maximum atomic E-state index is 10.9. The van der Waals surface area contributed by atoms with Crippen LogP contribution in [-0.2, 0) is 14.6 Å². The van der Waals surface area contributed by atoms with Crippen LogP contribution in [0.15, 0.2) is 24.3 Å². The van der Waals surface area contributed by atoms with Crippen LogP contribution in [0.3, 0.4) is 0 Å². The molecule has 0 fully saturated rings. The summed E-state index contributed by atoms with van der Waals surface area (Å²) in [6.07, 6.45) is 0.747. The highest BCUT2D eigenvalue weighted by Gasteiger charge is 2.40. The van der Waals surface area contributed by atoms with Crippen molar-refractivity contribution in [3.05, 3.63) is 35.4 Å². The highest BCUT2D eigenvalue weighted by atomic mass is 31.1. The van der Waals surface area contributed by atoms with Gasteiger partial charge in [0, 0.05) is 4.57 Å². The van der Waals surface area contributed by atoms with E-state index < -0.39 is 19.9 Å². The summed E-state index contributed by atoms with van der Waals surface area (Å²) in [4.78, 5) is 8.94. The van der Waals surface area contributed by atoms with Crippen LogP contribution >= 0.6 is 8.25 Å². The Balaban J connectivity index is 3.09. The van der Waals surface area contributed by atoms with E-state index in [9.17, 15) is 4.57 Å². The average Bonchev–Trinajstić information content (AvgIpc) is 2.35. The van der Waals surface area contributed by atoms with Gasteiger partial charge in [-0.15, -0.1) is 9.42 Å². The first-order chi connectivity index (χ1) is 8.43. The van der Waals surface area contributed by atoms with Gasteiger partial charge in [-0.2, -0.15) is 0 Å². The van der Waals surface area contributed by atoms with Gasteiger partial charge in [0.15, 0.2) is 0 Å². The fraction of sp³-hybridized carbons (Fsp3) is 0.538. The van der Waals surface area contributed by atoms with Gasteiger partial charge in [-0.05, 0) is 25.3 Å². The van der Waals surface area contributed by atoms with E-state index in [-0.39, 0.29) is 0 Å². The number of hydrogen-bond donors (Lipinski definition) is 2. The van der Waals surface area contributed by atoms with E-state index in [1.54, 1.807) is 0 Å². The summed E-state index contributed by atoms with van der Waals surface area (Å²) in [6, 6.07) is 7.88. The van der Waals surface area contributed by atoms with E-state index in [0.717, 1.165) is 11.1 Å². The molecule has 100 valence electrons. The molecule has 0 saturated carbocycles. The van der Waals surface area contributed by atoms with E-state index in [4.69, 9.17) is 15.2 Å². The molecule has 0 bridgehead atoms. The minimum absolute atomic E-state index is 0.473. The lowest BCUT2D eigenvalue weighted by atomic mass is 9.81. The van der Waals surface area contributed by atoms with Crippen LogP contribution < -0.4 is 5.73 Å². The Kier molecular flexibility index (Phi) is 5.42. The van der Waals surface area contributed by atoms with Gasteiger partial charge in [0.25, 0.3) is 0 Å². The van der Waals surface area contributed by atoms with Crippen LogP contribution in [-0.4, -0.2) is 11.0 Å². The lowest BCUT2D eigenvalue weighted by Gasteiger charge is -2.33. The molecule has 0 radical (unpaired) electrons. The first-order valence-corrected chi connectivity index (χ1v) is 7.26. The molecule has 3 unspecified atom stereocenters. The van der Waals surface area contributed by atoms with Crippen molar-refractivity contribution in [1.82, 2.24) is 0 Å². The van der Waals surface area contributed by atoms with Gasteiger partial charge in [-0.25, -0.2) is 0 Å². The molecule has 0 aliphatic carbocycles. The molecule has 0 saturated heterocycles. The van der Waals surface area contributed by atoms with Gasteiger partial charge >= 0.3 is 8.25 Å². The van der Waals surface area contributed by atoms with Gasteiger partial charge < -0.3 is 5.73 Å². The maximum absolute atomic E-state index is 10.9. The fourth-order valence-electron chi connectivity index (χ4n) is 2.12. The van der Waals surface area contributed by atoms with E-state index in [1.807, 2.05) is 45.0 Å². The minimum Gasteiger partial charge on any atom is -0.319 e. The fourth-order valence-corrected chi connectivity index (χ4v) is 2.68. The molecule has 0 amide bonds. The van der Waals surface area contributed by atoms with Crippen molar-refractivity contribution in [2.24, 2.45) is 5.73 Å². The van der Waals surface area contributed by atoms with Gasteiger partial charge in [0.05, 0.1) is 5.54 Å². The van der Waals surface area contributed by atoms with E-state index in [0.29, 0.717) is 12.8 Å². The van der Waals surface area contributed by atoms with Gasteiger partial charge in [0.2, 0.25) is 0 Å². The van der Waals surface area contributed by atoms with Crippen molar-refractivity contribution >= 4 is 8.25 Å². The van der Waals surface area contributed by atoms with Crippen molar-refractivity contribution in [2.45, 2.75) is 45.3 Å². The van der Waals surface area contributed by atoms with Crippen molar-refractivity contribution < 1.29 is 14.0 Å². The summed E-state index contributed by atoms with van der Waals surface area (Å²) < 4.78 is 16.0. The molecule has 0 aliphatic heterocycles. The molecule has 0 heterocycles. The molecule has 18 heavy (non-hydrogen) atoms.